The summed E-state index contributed by atoms with van der Waals surface area (Å²) in [7, 11) is 0. The van der Waals surface area contributed by atoms with Crippen LogP contribution in [0.4, 0.5) is 45.5 Å². The highest BCUT2D eigenvalue weighted by Gasteiger charge is 2.62. The fraction of sp³-hybridized carbons (Fsp3) is 0.235. The molecule has 8 aliphatic rings. The largest absolute Gasteiger partial charge is 0.334 e. The van der Waals surface area contributed by atoms with E-state index in [1.807, 2.05) is 0 Å². The molecule has 4 saturated carbocycles. The summed E-state index contributed by atoms with van der Waals surface area (Å²) in [6.07, 6.45) is 19.0. The van der Waals surface area contributed by atoms with E-state index >= 15 is 0 Å². The third-order valence-corrected chi connectivity index (χ3v) is 38.5. The maximum absolute atomic E-state index is 2.72. The van der Waals surface area contributed by atoms with Gasteiger partial charge in [-0.3, -0.25) is 0 Å². The number of nitrogens with zero attached hydrogens (tertiary/aromatic N) is 4. The molecule has 4 aliphatic carbocycles. The van der Waals surface area contributed by atoms with Crippen LogP contribution in [0.2, 0.25) is 0 Å². The van der Waals surface area contributed by atoms with Crippen molar-refractivity contribution in [1.29, 1.82) is 0 Å². The summed E-state index contributed by atoms with van der Waals surface area (Å²) in [5, 5.41) is 17.5. The Hall–Kier alpha value is -14.3. The number of hydrogen-bond acceptors (Lipinski definition) is 4. The van der Waals surface area contributed by atoms with Crippen LogP contribution in [0.3, 0.4) is 0 Å². The third kappa shape index (κ3) is 11.4. The second-order valence-corrected chi connectivity index (χ2v) is 44.7. The Kier molecular flexibility index (Phi) is 18.3. The quantitative estimate of drug-likeness (QED) is 0.113. The molecule has 0 spiro atoms. The van der Waals surface area contributed by atoms with Gasteiger partial charge in [0.2, 0.25) is 0 Å². The van der Waals surface area contributed by atoms with Gasteiger partial charge in [0, 0.05) is 67.2 Å². The van der Waals surface area contributed by atoms with Gasteiger partial charge in [-0.25, -0.2) is 0 Å². The summed E-state index contributed by atoms with van der Waals surface area (Å²) in [6.45, 7) is 20.6. The van der Waals surface area contributed by atoms with Crippen molar-refractivity contribution in [2.45, 2.75) is 202 Å². The number of rotatable bonds is 12. The Morgan fingerprint density at radius 2 is 0.350 bits per heavy atom. The van der Waals surface area contributed by atoms with Crippen molar-refractivity contribution in [1.82, 2.24) is 0 Å². The zero-order valence-corrected chi connectivity index (χ0v) is 81.9. The minimum absolute atomic E-state index is 0.0485. The molecule has 28 rings (SSSR count). The Morgan fingerprint density at radius 1 is 0.157 bits per heavy atom. The lowest BCUT2D eigenvalue weighted by Crippen LogP contribution is -2.54. The first-order valence-electron chi connectivity index (χ1n) is 52.3. The van der Waals surface area contributed by atoms with Crippen LogP contribution < -0.4 is 19.6 Å². The Morgan fingerprint density at radius 3 is 0.564 bits per heavy atom. The fourth-order valence-corrected chi connectivity index (χ4v) is 30.6. The second-order valence-electron chi connectivity index (χ2n) is 44.7. The van der Waals surface area contributed by atoms with Gasteiger partial charge in [0.15, 0.2) is 0 Å². The standard InChI is InChI=1S/C136H118N4/c1-129-73-21-25-77-133(129,5)137(91-37-13-9-14-38-91)123-69-61-87(81-119(123)129)95-45-29-53-103-99(95)49-33-57-107(103)115-85-116(108-58-34-50-100-96(46-30-54-104(100)108)88-62-70-124-120(82-88)130(2)74-22-26-78-134(130,6)138(124)92-39-15-10-16-40-92)112-67-68-114-118(110-60-36-52-102-98(48-32-56-106(102)110)90-64-72-126-122(84-90)132(4)76-24-28-80-136(132,8)140(126)94-43-19-12-20-44-94)86-117(113-66-65-111(115)127(112)128(113)114)109-59-35-51-101-97(47-31-55-105(101)109)89-63-71-125-121(83-89)131(3)75-23-27-79-135(131,7)139(125)93-41-17-11-18-42-93/h9-20,29-72,81-86H,21-28,73-80H2,1-8H3. The van der Waals surface area contributed by atoms with Gasteiger partial charge in [-0.15, -0.1) is 0 Å². The van der Waals surface area contributed by atoms with Gasteiger partial charge in [-0.05, 0) is 375 Å². The lowest BCUT2D eigenvalue weighted by Gasteiger charge is -2.50. The highest BCUT2D eigenvalue weighted by molar-refractivity contribution is 6.34. The summed E-state index contributed by atoms with van der Waals surface area (Å²) >= 11 is 0. The van der Waals surface area contributed by atoms with Gasteiger partial charge in [-0.2, -0.15) is 0 Å². The Bertz CT molecular complexity index is 7580. The van der Waals surface area contributed by atoms with Crippen LogP contribution in [0.25, 0.3) is 164 Å². The molecule has 4 aliphatic heterocycles. The molecule has 682 valence electrons. The molecular weight excluding hydrogens is 1690 g/mol. The molecule has 20 aromatic rings. The van der Waals surface area contributed by atoms with E-state index in [1.54, 1.807) is 0 Å². The average molecular weight is 1810 g/mol. The maximum atomic E-state index is 2.72. The first-order chi connectivity index (χ1) is 68.4. The molecule has 0 bridgehead atoms. The van der Waals surface area contributed by atoms with Crippen molar-refractivity contribution >= 4 is 121 Å². The van der Waals surface area contributed by atoms with Crippen LogP contribution in [0.15, 0.2) is 376 Å². The molecule has 0 N–H and O–H groups in total. The minimum Gasteiger partial charge on any atom is -0.334 e. The van der Waals surface area contributed by atoms with Crippen LogP contribution >= 0.6 is 0 Å². The van der Waals surface area contributed by atoms with Crippen molar-refractivity contribution < 1.29 is 0 Å². The molecule has 8 atom stereocenters. The smallest absolute Gasteiger partial charge is 0.0517 e. The van der Waals surface area contributed by atoms with Gasteiger partial charge in [0.25, 0.3) is 0 Å². The van der Waals surface area contributed by atoms with E-state index in [2.05, 4.69) is 451 Å². The van der Waals surface area contributed by atoms with Crippen molar-refractivity contribution in [3.8, 4) is 89.0 Å². The molecular formula is C136H118N4. The van der Waals surface area contributed by atoms with Crippen LogP contribution in [-0.2, 0) is 21.7 Å². The highest BCUT2D eigenvalue weighted by atomic mass is 15.3. The summed E-state index contributed by atoms with van der Waals surface area (Å²) in [4.78, 5) is 10.9. The van der Waals surface area contributed by atoms with Crippen molar-refractivity contribution in [3.05, 3.63) is 398 Å². The van der Waals surface area contributed by atoms with E-state index in [0.717, 1.165) is 51.4 Å². The Labute approximate surface area is 824 Å². The van der Waals surface area contributed by atoms with Crippen molar-refractivity contribution in [3.63, 3.8) is 0 Å². The predicted molar refractivity (Wildman–Crippen MR) is 595 cm³/mol. The summed E-state index contributed by atoms with van der Waals surface area (Å²) < 4.78 is 0. The molecule has 0 amide bonds. The average Bonchev–Trinajstić information content (AvgIpc) is 1.53. The van der Waals surface area contributed by atoms with Crippen LogP contribution in [0, 0.1) is 0 Å². The maximum Gasteiger partial charge on any atom is 0.0517 e. The number of anilines is 8. The molecule has 4 fully saturated rings. The molecule has 140 heavy (non-hydrogen) atoms. The van der Waals surface area contributed by atoms with Crippen LogP contribution in [0.1, 0.15) is 180 Å². The summed E-state index contributed by atoms with van der Waals surface area (Å²) in [5.41, 5.74) is 35.8. The van der Waals surface area contributed by atoms with E-state index in [9.17, 15) is 0 Å². The van der Waals surface area contributed by atoms with E-state index < -0.39 is 0 Å². The second kappa shape index (κ2) is 30.6. The molecule has 4 heterocycles. The van der Waals surface area contributed by atoms with Gasteiger partial charge < -0.3 is 19.6 Å². The normalized spacial score (nSPS) is 23.9. The molecule has 20 aromatic carbocycles. The summed E-state index contributed by atoms with van der Waals surface area (Å²) in [5.74, 6) is 0. The van der Waals surface area contributed by atoms with Gasteiger partial charge in [-0.1, -0.05) is 346 Å². The fourth-order valence-electron chi connectivity index (χ4n) is 30.6. The lowest BCUT2D eigenvalue weighted by atomic mass is 9.61. The summed E-state index contributed by atoms with van der Waals surface area (Å²) in [6, 6.07) is 148. The van der Waals surface area contributed by atoms with Gasteiger partial charge in [0.05, 0.1) is 22.2 Å². The zero-order valence-electron chi connectivity index (χ0n) is 81.9. The molecule has 0 aromatic heterocycles. The molecule has 0 radical (unpaired) electrons. The number of fused-ring (bicyclic) bond motifs is 16. The zero-order chi connectivity index (χ0) is 93.7. The van der Waals surface area contributed by atoms with Crippen LogP contribution in [0.5, 0.6) is 0 Å². The minimum atomic E-state index is -0.0719. The highest BCUT2D eigenvalue weighted by Crippen LogP contribution is 2.68. The Balaban J connectivity index is 0.688. The van der Waals surface area contributed by atoms with Gasteiger partial charge >= 0.3 is 0 Å². The molecule has 4 nitrogen and oxygen atoms in total. The number of hydrogen-bond donors (Lipinski definition) is 0. The lowest BCUT2D eigenvalue weighted by molar-refractivity contribution is 0.195. The topological polar surface area (TPSA) is 13.0 Å². The third-order valence-electron chi connectivity index (χ3n) is 38.5. The number of para-hydroxylation sites is 4. The monoisotopic (exact) mass is 1810 g/mol. The predicted octanol–water partition coefficient (Wildman–Crippen LogP) is 37.5. The van der Waals surface area contributed by atoms with Gasteiger partial charge in [0.1, 0.15) is 0 Å². The van der Waals surface area contributed by atoms with Crippen molar-refractivity contribution in [2.24, 2.45) is 0 Å². The first-order valence-corrected chi connectivity index (χ1v) is 52.3. The van der Waals surface area contributed by atoms with E-state index in [-0.39, 0.29) is 43.8 Å². The van der Waals surface area contributed by atoms with E-state index in [4.69, 9.17) is 0 Å². The van der Waals surface area contributed by atoms with Crippen molar-refractivity contribution in [2.75, 3.05) is 19.6 Å². The molecule has 0 saturated heterocycles. The van der Waals surface area contributed by atoms with E-state index in [1.165, 1.54) is 284 Å². The van der Waals surface area contributed by atoms with E-state index in [0.29, 0.717) is 0 Å². The molecule has 4 heteroatoms. The first kappa shape index (κ1) is 83.8. The van der Waals surface area contributed by atoms with Crippen LogP contribution in [-0.4, -0.2) is 22.2 Å². The SMILES string of the molecule is CC12CCCCC1(C)N(c1ccccc1)c1ccc(-c3cccc4c(-c5cc(-c6cccc7c(-c8ccc9c(c8)C8(C)CCCCC8(C)N9c8ccccc8)cccc67)c6ccc7c(-c8cccc9c(-c%10ccc%11c(c%10)C%10(C)CCCCC%10(C)N%11c%10ccccc%10)cccc89)cc(-c8cccc9c(-c%10ccc%11c(c%10)C%10(C)CCCCC%10(C)N%11c%10ccccc%10)cccc89)c8ccc5c6c87)cccc34)cc12. The number of benzene rings is 20. The molecule has 8 unspecified atom stereocenters.